The standard InChI is InChI=1S/C28H24F6N4O5/c1-26(2)23(38(41)24(39)35-19-7-3-5-17(12-19)27(29,30)31)37(20-8-4-6-18(13-20)28(32,33)34)25(40)36(26)14-16-9-10-21-22(11-16)43-15-42-21/h3-13,23,41H,14-15H2,1-2H3,(H,35,39)/t23-/m1/s1. The molecule has 2 heterocycles. The van der Waals surface area contributed by atoms with Crippen LogP contribution in [0.1, 0.15) is 30.5 Å². The molecule has 1 atom stereocenters. The zero-order chi connectivity index (χ0) is 31.3. The fourth-order valence-corrected chi connectivity index (χ4v) is 4.99. The van der Waals surface area contributed by atoms with E-state index < -0.39 is 47.2 Å². The average molecular weight is 611 g/mol. The van der Waals surface area contributed by atoms with E-state index in [0.717, 1.165) is 35.2 Å². The first-order valence-electron chi connectivity index (χ1n) is 12.7. The van der Waals surface area contributed by atoms with Crippen molar-refractivity contribution in [1.82, 2.24) is 9.96 Å². The maximum absolute atomic E-state index is 13.9. The molecule has 0 aromatic heterocycles. The van der Waals surface area contributed by atoms with E-state index in [2.05, 4.69) is 5.32 Å². The monoisotopic (exact) mass is 610 g/mol. The van der Waals surface area contributed by atoms with Crippen LogP contribution < -0.4 is 19.7 Å². The number of benzene rings is 3. The minimum atomic E-state index is -4.77. The fraction of sp³-hybridized carbons (Fsp3) is 0.286. The summed E-state index contributed by atoms with van der Waals surface area (Å²) in [6.45, 7) is 2.85. The number of anilines is 2. The Bertz CT molecular complexity index is 1560. The van der Waals surface area contributed by atoms with Crippen molar-refractivity contribution in [2.24, 2.45) is 0 Å². The summed E-state index contributed by atoms with van der Waals surface area (Å²) in [5, 5.41) is 13.4. The summed E-state index contributed by atoms with van der Waals surface area (Å²) >= 11 is 0. The van der Waals surface area contributed by atoms with Crippen LogP contribution in [0, 0.1) is 0 Å². The van der Waals surface area contributed by atoms with Crippen molar-refractivity contribution >= 4 is 23.4 Å². The van der Waals surface area contributed by atoms with Crippen LogP contribution >= 0.6 is 0 Å². The smallest absolute Gasteiger partial charge is 0.416 e. The van der Waals surface area contributed by atoms with Gasteiger partial charge in [0.15, 0.2) is 17.7 Å². The van der Waals surface area contributed by atoms with Gasteiger partial charge in [-0.15, -0.1) is 0 Å². The number of carbonyl (C=O) groups is 2. The van der Waals surface area contributed by atoms with Crippen LogP contribution in [0.4, 0.5) is 47.3 Å². The molecular weight excluding hydrogens is 586 g/mol. The van der Waals surface area contributed by atoms with Crippen molar-refractivity contribution in [2.75, 3.05) is 17.0 Å². The van der Waals surface area contributed by atoms with Gasteiger partial charge in [-0.25, -0.2) is 9.59 Å². The maximum atomic E-state index is 13.9. The van der Waals surface area contributed by atoms with Gasteiger partial charge in [0.05, 0.1) is 16.7 Å². The molecule has 0 radical (unpaired) electrons. The van der Waals surface area contributed by atoms with Crippen molar-refractivity contribution < 1.29 is 50.6 Å². The van der Waals surface area contributed by atoms with Gasteiger partial charge in [-0.2, -0.15) is 31.4 Å². The first-order valence-corrected chi connectivity index (χ1v) is 12.7. The third-order valence-corrected chi connectivity index (χ3v) is 7.12. The number of rotatable bonds is 5. The van der Waals surface area contributed by atoms with Crippen LogP contribution in [0.25, 0.3) is 0 Å². The number of hydroxylamine groups is 2. The van der Waals surface area contributed by atoms with Gasteiger partial charge in [-0.3, -0.25) is 10.1 Å². The maximum Gasteiger partial charge on any atom is 0.416 e. The van der Waals surface area contributed by atoms with E-state index in [4.69, 9.17) is 9.47 Å². The Kier molecular flexibility index (Phi) is 7.32. The van der Waals surface area contributed by atoms with Crippen LogP contribution in [-0.2, 0) is 18.9 Å². The van der Waals surface area contributed by atoms with Crippen LogP contribution in [0.3, 0.4) is 0 Å². The van der Waals surface area contributed by atoms with Crippen LogP contribution in [0.15, 0.2) is 66.7 Å². The molecular formula is C28H24F6N4O5. The average Bonchev–Trinajstić information content (AvgIpc) is 3.48. The summed E-state index contributed by atoms with van der Waals surface area (Å²) in [6.07, 6.45) is -11.1. The van der Waals surface area contributed by atoms with Crippen LogP contribution in [0.2, 0.25) is 0 Å². The number of halogens is 6. The molecule has 228 valence electrons. The quantitative estimate of drug-likeness (QED) is 0.186. The van der Waals surface area contributed by atoms with E-state index in [0.29, 0.717) is 29.2 Å². The lowest BCUT2D eigenvalue weighted by atomic mass is 9.98. The van der Waals surface area contributed by atoms with Gasteiger partial charge in [0, 0.05) is 17.9 Å². The summed E-state index contributed by atoms with van der Waals surface area (Å²) in [4.78, 5) is 29.1. The van der Waals surface area contributed by atoms with Gasteiger partial charge in [0.1, 0.15) is 0 Å². The van der Waals surface area contributed by atoms with Crippen molar-refractivity contribution in [1.29, 1.82) is 0 Å². The highest BCUT2D eigenvalue weighted by Gasteiger charge is 2.56. The Hall–Kier alpha value is -4.66. The van der Waals surface area contributed by atoms with E-state index in [1.807, 2.05) is 0 Å². The molecule has 2 N–H and O–H groups in total. The third kappa shape index (κ3) is 5.71. The summed E-state index contributed by atoms with van der Waals surface area (Å²) in [6, 6.07) is 10.1. The number of fused-ring (bicyclic) bond motifs is 1. The lowest BCUT2D eigenvalue weighted by molar-refractivity contribution is -0.138. The number of amides is 4. The number of urea groups is 2. The SMILES string of the molecule is CC1(C)[C@@H](N(O)C(=O)Nc2cccc(C(F)(F)F)c2)N(c2cccc(C(F)(F)F)c2)C(=O)N1Cc1ccc2c(c1)OCO2. The van der Waals surface area contributed by atoms with Crippen molar-refractivity contribution in [3.8, 4) is 11.5 Å². The first kappa shape index (κ1) is 29.8. The Morgan fingerprint density at radius 2 is 1.58 bits per heavy atom. The molecule has 0 unspecified atom stereocenters. The molecule has 3 aromatic rings. The van der Waals surface area contributed by atoms with Gasteiger partial charge in [-0.05, 0) is 67.9 Å². The van der Waals surface area contributed by atoms with Gasteiger partial charge in [0.25, 0.3) is 0 Å². The topological polar surface area (TPSA) is 94.6 Å². The summed E-state index contributed by atoms with van der Waals surface area (Å²) in [5.41, 5.74) is -3.66. The minimum absolute atomic E-state index is 0.00121. The molecule has 9 nitrogen and oxygen atoms in total. The second kappa shape index (κ2) is 10.6. The number of hydrogen-bond acceptors (Lipinski definition) is 5. The Balaban J connectivity index is 1.51. The molecule has 2 aliphatic rings. The lowest BCUT2D eigenvalue weighted by Crippen LogP contribution is -2.58. The molecule has 15 heteroatoms. The molecule has 43 heavy (non-hydrogen) atoms. The second-order valence-electron chi connectivity index (χ2n) is 10.4. The molecule has 5 rings (SSSR count). The Labute approximate surface area is 240 Å². The van der Waals surface area contributed by atoms with Gasteiger partial charge >= 0.3 is 24.4 Å². The molecule has 0 spiro atoms. The van der Waals surface area contributed by atoms with E-state index in [1.165, 1.54) is 24.8 Å². The molecule has 3 aromatic carbocycles. The lowest BCUT2D eigenvalue weighted by Gasteiger charge is -2.38. The third-order valence-electron chi connectivity index (χ3n) is 7.12. The predicted molar refractivity (Wildman–Crippen MR) is 139 cm³/mol. The number of carbonyl (C=O) groups excluding carboxylic acids is 2. The van der Waals surface area contributed by atoms with Crippen molar-refractivity contribution in [3.63, 3.8) is 0 Å². The van der Waals surface area contributed by atoms with Crippen molar-refractivity contribution in [3.05, 3.63) is 83.4 Å². The normalized spacial score (nSPS) is 17.8. The van der Waals surface area contributed by atoms with Crippen LogP contribution in [-0.4, -0.2) is 45.7 Å². The zero-order valence-corrected chi connectivity index (χ0v) is 22.5. The van der Waals surface area contributed by atoms with E-state index in [9.17, 15) is 41.1 Å². The minimum Gasteiger partial charge on any atom is -0.454 e. The largest absolute Gasteiger partial charge is 0.454 e. The highest BCUT2D eigenvalue weighted by molar-refractivity contribution is 5.98. The van der Waals surface area contributed by atoms with E-state index in [-0.39, 0.29) is 29.8 Å². The van der Waals surface area contributed by atoms with Crippen LogP contribution in [0.5, 0.6) is 11.5 Å². The van der Waals surface area contributed by atoms with Gasteiger partial charge in [-0.1, -0.05) is 18.2 Å². The highest BCUT2D eigenvalue weighted by Crippen LogP contribution is 2.42. The molecule has 1 fully saturated rings. The van der Waals surface area contributed by atoms with Gasteiger partial charge < -0.3 is 19.7 Å². The van der Waals surface area contributed by atoms with Gasteiger partial charge in [0.2, 0.25) is 6.79 Å². The number of nitrogens with one attached hydrogen (secondary N) is 1. The van der Waals surface area contributed by atoms with E-state index >= 15 is 0 Å². The number of ether oxygens (including phenoxy) is 2. The fourth-order valence-electron chi connectivity index (χ4n) is 4.99. The summed E-state index contributed by atoms with van der Waals surface area (Å²) in [7, 11) is 0. The number of hydrogen-bond donors (Lipinski definition) is 2. The Morgan fingerprint density at radius 1 is 0.953 bits per heavy atom. The van der Waals surface area contributed by atoms with E-state index in [1.54, 1.807) is 18.2 Å². The summed E-state index contributed by atoms with van der Waals surface area (Å²) < 4.78 is 91.0. The molecule has 4 amide bonds. The first-order chi connectivity index (χ1) is 20.1. The predicted octanol–water partition coefficient (Wildman–Crippen LogP) is 6.92. The molecule has 1 saturated heterocycles. The van der Waals surface area contributed by atoms with Crippen molar-refractivity contribution in [2.45, 2.75) is 44.4 Å². The zero-order valence-electron chi connectivity index (χ0n) is 22.5. The summed E-state index contributed by atoms with van der Waals surface area (Å²) in [5.74, 6) is 0.893. The highest BCUT2D eigenvalue weighted by atomic mass is 19.4. The molecule has 0 bridgehead atoms. The molecule has 0 aliphatic carbocycles. The Morgan fingerprint density at radius 3 is 2.26 bits per heavy atom. The molecule has 2 aliphatic heterocycles. The number of alkyl halides is 6. The molecule has 0 saturated carbocycles. The number of nitrogens with zero attached hydrogens (tertiary/aromatic N) is 3. The second-order valence-corrected chi connectivity index (χ2v) is 10.4.